The van der Waals surface area contributed by atoms with Crippen LogP contribution in [0.1, 0.15) is 31.4 Å². The van der Waals surface area contributed by atoms with E-state index in [0.717, 1.165) is 23.4 Å². The lowest BCUT2D eigenvalue weighted by Crippen LogP contribution is -2.36. The Bertz CT molecular complexity index is 752. The second kappa shape index (κ2) is 7.41. The number of para-hydroxylation sites is 1. The minimum atomic E-state index is -1.32. The first-order valence-electron chi connectivity index (χ1n) is 8.13. The number of esters is 1. The number of benzene rings is 1. The van der Waals surface area contributed by atoms with E-state index in [4.69, 9.17) is 14.2 Å². The van der Waals surface area contributed by atoms with E-state index in [1.54, 1.807) is 14.2 Å². The van der Waals surface area contributed by atoms with Crippen LogP contribution in [0.15, 0.2) is 23.6 Å². The van der Waals surface area contributed by atoms with Crippen LogP contribution in [0.5, 0.6) is 11.5 Å². The average Bonchev–Trinajstić information content (AvgIpc) is 3.28. The number of thiazole rings is 1. The van der Waals surface area contributed by atoms with Gasteiger partial charge in [0.1, 0.15) is 11.6 Å². The molecular formula is C18H21NO5S. The maximum absolute atomic E-state index is 12.1. The van der Waals surface area contributed by atoms with Gasteiger partial charge in [-0.05, 0) is 37.8 Å². The summed E-state index contributed by atoms with van der Waals surface area (Å²) in [7, 11) is 3.17. The maximum Gasteiger partial charge on any atom is 0.338 e. The molecule has 0 bridgehead atoms. The third kappa shape index (κ3) is 3.62. The monoisotopic (exact) mass is 363 g/mol. The number of hydrogen-bond acceptors (Lipinski definition) is 7. The number of carbonyl (C=O) groups is 1. The molecule has 134 valence electrons. The normalized spacial score (nSPS) is 15.8. The van der Waals surface area contributed by atoms with Gasteiger partial charge in [-0.2, -0.15) is 0 Å². The molecule has 1 N–H and O–H groups in total. The van der Waals surface area contributed by atoms with Gasteiger partial charge in [0.25, 0.3) is 0 Å². The van der Waals surface area contributed by atoms with Gasteiger partial charge in [0.2, 0.25) is 0 Å². The fourth-order valence-electron chi connectivity index (χ4n) is 2.99. The molecule has 1 aliphatic carbocycles. The Labute approximate surface area is 150 Å². The highest BCUT2D eigenvalue weighted by molar-refractivity contribution is 7.13. The summed E-state index contributed by atoms with van der Waals surface area (Å²) in [5, 5.41) is 12.8. The van der Waals surface area contributed by atoms with Crippen LogP contribution >= 0.6 is 11.3 Å². The van der Waals surface area contributed by atoms with Gasteiger partial charge in [-0.1, -0.05) is 6.07 Å². The number of hydrogen-bond donors (Lipinski definition) is 1. The highest BCUT2D eigenvalue weighted by Crippen LogP contribution is 2.39. The first kappa shape index (κ1) is 17.7. The molecule has 0 aliphatic heterocycles. The van der Waals surface area contributed by atoms with E-state index in [9.17, 15) is 9.90 Å². The molecule has 0 amide bonds. The van der Waals surface area contributed by atoms with Crippen LogP contribution in [0.2, 0.25) is 0 Å². The lowest BCUT2D eigenvalue weighted by molar-refractivity contribution is -0.166. The third-order valence-electron chi connectivity index (χ3n) is 4.35. The Morgan fingerprint density at radius 3 is 2.72 bits per heavy atom. The molecule has 1 aliphatic rings. The molecule has 0 spiro atoms. The zero-order valence-electron chi connectivity index (χ0n) is 14.3. The van der Waals surface area contributed by atoms with Gasteiger partial charge in [0.05, 0.1) is 25.5 Å². The molecule has 7 heteroatoms. The Morgan fingerprint density at radius 2 is 2.04 bits per heavy atom. The Morgan fingerprint density at radius 1 is 1.28 bits per heavy atom. The van der Waals surface area contributed by atoms with E-state index < -0.39 is 11.6 Å². The highest BCUT2D eigenvalue weighted by atomic mass is 32.1. The molecule has 1 heterocycles. The Hall–Kier alpha value is -2.12. The number of methoxy groups -OCH3 is 2. The second-order valence-electron chi connectivity index (χ2n) is 6.00. The summed E-state index contributed by atoms with van der Waals surface area (Å²) in [6.07, 6.45) is 2.63. The van der Waals surface area contributed by atoms with Crippen molar-refractivity contribution in [2.45, 2.75) is 37.9 Å². The van der Waals surface area contributed by atoms with Crippen molar-refractivity contribution in [2.75, 3.05) is 14.2 Å². The number of carbonyl (C=O) groups excluding carboxylic acids is 1. The van der Waals surface area contributed by atoms with Gasteiger partial charge in [0.15, 0.2) is 17.1 Å². The van der Waals surface area contributed by atoms with Crippen LogP contribution in [-0.2, 0) is 16.1 Å². The first-order chi connectivity index (χ1) is 12.1. The van der Waals surface area contributed by atoms with Gasteiger partial charge in [0, 0.05) is 5.38 Å². The van der Waals surface area contributed by atoms with E-state index in [2.05, 4.69) is 4.98 Å². The molecule has 0 saturated heterocycles. The molecule has 1 fully saturated rings. The van der Waals surface area contributed by atoms with E-state index >= 15 is 0 Å². The van der Waals surface area contributed by atoms with Crippen molar-refractivity contribution >= 4 is 17.3 Å². The SMILES string of the molecule is COc1cccc(-c2nc(COC(=O)C3(O)CCCC3)cs2)c1OC. The fraction of sp³-hybridized carbons (Fsp3) is 0.444. The van der Waals surface area contributed by atoms with Gasteiger partial charge in [-0.25, -0.2) is 9.78 Å². The molecule has 0 unspecified atom stereocenters. The summed E-state index contributed by atoms with van der Waals surface area (Å²) >= 11 is 1.43. The van der Waals surface area contributed by atoms with Crippen LogP contribution in [0, 0.1) is 0 Å². The average molecular weight is 363 g/mol. The van der Waals surface area contributed by atoms with Crippen molar-refractivity contribution in [1.82, 2.24) is 4.98 Å². The molecule has 0 atom stereocenters. The largest absolute Gasteiger partial charge is 0.493 e. The summed E-state index contributed by atoms with van der Waals surface area (Å²) in [5.74, 6) is 0.688. The van der Waals surface area contributed by atoms with Crippen molar-refractivity contribution < 1.29 is 24.1 Å². The highest BCUT2D eigenvalue weighted by Gasteiger charge is 2.40. The van der Waals surface area contributed by atoms with Crippen molar-refractivity contribution in [3.05, 3.63) is 29.3 Å². The van der Waals surface area contributed by atoms with Crippen LogP contribution in [0.4, 0.5) is 0 Å². The minimum absolute atomic E-state index is 0.0456. The number of rotatable bonds is 6. The number of ether oxygens (including phenoxy) is 3. The van der Waals surface area contributed by atoms with Crippen LogP contribution in [0.3, 0.4) is 0 Å². The van der Waals surface area contributed by atoms with E-state index in [0.29, 0.717) is 30.0 Å². The van der Waals surface area contributed by atoms with Crippen LogP contribution in [-0.4, -0.2) is 35.9 Å². The summed E-state index contributed by atoms with van der Waals surface area (Å²) in [4.78, 5) is 16.6. The Kier molecular flexibility index (Phi) is 5.24. The van der Waals surface area contributed by atoms with Gasteiger partial charge < -0.3 is 19.3 Å². The third-order valence-corrected chi connectivity index (χ3v) is 5.27. The van der Waals surface area contributed by atoms with Gasteiger partial charge >= 0.3 is 5.97 Å². The maximum atomic E-state index is 12.1. The zero-order valence-corrected chi connectivity index (χ0v) is 15.1. The smallest absolute Gasteiger partial charge is 0.338 e. The lowest BCUT2D eigenvalue weighted by Gasteiger charge is -2.19. The fourth-order valence-corrected chi connectivity index (χ4v) is 3.82. The first-order valence-corrected chi connectivity index (χ1v) is 9.01. The topological polar surface area (TPSA) is 77.9 Å². The molecule has 1 saturated carbocycles. The second-order valence-corrected chi connectivity index (χ2v) is 6.86. The van der Waals surface area contributed by atoms with Gasteiger partial charge in [-0.3, -0.25) is 0 Å². The quantitative estimate of drug-likeness (QED) is 0.794. The van der Waals surface area contributed by atoms with Crippen LogP contribution < -0.4 is 9.47 Å². The van der Waals surface area contributed by atoms with Crippen molar-refractivity contribution in [3.8, 4) is 22.1 Å². The molecule has 0 radical (unpaired) electrons. The number of nitrogens with zero attached hydrogens (tertiary/aromatic N) is 1. The summed E-state index contributed by atoms with van der Waals surface area (Å²) < 4.78 is 16.0. The summed E-state index contributed by atoms with van der Waals surface area (Å²) in [6, 6.07) is 5.59. The summed E-state index contributed by atoms with van der Waals surface area (Å²) in [5.41, 5.74) is 0.133. The standard InChI is InChI=1S/C18H21NO5S/c1-22-14-7-5-6-13(15(14)23-2)16-19-12(11-25-16)10-24-17(20)18(21)8-3-4-9-18/h5-7,11,21H,3-4,8-10H2,1-2H3. The van der Waals surface area contributed by atoms with Crippen molar-refractivity contribution in [2.24, 2.45) is 0 Å². The van der Waals surface area contributed by atoms with E-state index in [-0.39, 0.29) is 6.61 Å². The molecule has 25 heavy (non-hydrogen) atoms. The van der Waals surface area contributed by atoms with Gasteiger partial charge in [-0.15, -0.1) is 11.3 Å². The van der Waals surface area contributed by atoms with E-state index in [1.165, 1.54) is 11.3 Å². The molecule has 1 aromatic carbocycles. The predicted molar refractivity (Wildman–Crippen MR) is 93.9 cm³/mol. The lowest BCUT2D eigenvalue weighted by atomic mass is 10.0. The molecule has 1 aromatic heterocycles. The number of aliphatic hydroxyl groups is 1. The van der Waals surface area contributed by atoms with Crippen LogP contribution in [0.25, 0.3) is 10.6 Å². The summed E-state index contributed by atoms with van der Waals surface area (Å²) in [6.45, 7) is 0.0456. The molecular weight excluding hydrogens is 342 g/mol. The molecule has 6 nitrogen and oxygen atoms in total. The predicted octanol–water partition coefficient (Wildman–Crippen LogP) is 3.18. The van der Waals surface area contributed by atoms with E-state index in [1.807, 2.05) is 23.6 Å². The minimum Gasteiger partial charge on any atom is -0.493 e. The molecule has 2 aromatic rings. The Balaban J connectivity index is 1.72. The van der Waals surface area contributed by atoms with Crippen molar-refractivity contribution in [1.29, 1.82) is 0 Å². The van der Waals surface area contributed by atoms with Crippen molar-refractivity contribution in [3.63, 3.8) is 0 Å². The zero-order chi connectivity index (χ0) is 17.9. The number of aromatic nitrogens is 1. The molecule has 3 rings (SSSR count).